The first-order valence-electron chi connectivity index (χ1n) is 9.27. The number of para-hydroxylation sites is 1. The van der Waals surface area contributed by atoms with Crippen LogP contribution in [0.5, 0.6) is 5.75 Å². The van der Waals surface area contributed by atoms with Gasteiger partial charge in [0.15, 0.2) is 6.10 Å². The first kappa shape index (κ1) is 22.9. The SMILES string of the molecule is Cc1ccccc1O[C@@H](C)C(=O)Nc1ccc(S(=O)(=O)Nc2ccc(Cl)cc2Cl)cc1. The second-order valence-corrected chi connectivity index (χ2v) is 9.29. The molecule has 3 aromatic rings. The fourth-order valence-corrected chi connectivity index (χ4v) is 4.26. The van der Waals surface area contributed by atoms with Gasteiger partial charge < -0.3 is 10.1 Å². The van der Waals surface area contributed by atoms with Crippen molar-refractivity contribution in [2.24, 2.45) is 0 Å². The average Bonchev–Trinajstić information content (AvgIpc) is 2.72. The third kappa shape index (κ3) is 5.91. The van der Waals surface area contributed by atoms with Crippen LogP contribution in [-0.2, 0) is 14.8 Å². The Hall–Kier alpha value is -2.74. The molecule has 0 radical (unpaired) electrons. The molecule has 0 aliphatic heterocycles. The third-order valence-corrected chi connectivity index (χ3v) is 6.30. The zero-order valence-corrected chi connectivity index (χ0v) is 19.1. The van der Waals surface area contributed by atoms with E-state index in [0.29, 0.717) is 16.5 Å². The van der Waals surface area contributed by atoms with Crippen LogP contribution in [0.1, 0.15) is 12.5 Å². The number of sulfonamides is 1. The quantitative estimate of drug-likeness (QED) is 0.468. The number of halogens is 2. The third-order valence-electron chi connectivity index (χ3n) is 4.37. The summed E-state index contributed by atoms with van der Waals surface area (Å²) in [5.74, 6) is 0.267. The van der Waals surface area contributed by atoms with E-state index in [2.05, 4.69) is 10.0 Å². The van der Waals surface area contributed by atoms with E-state index in [9.17, 15) is 13.2 Å². The predicted octanol–water partition coefficient (Wildman–Crippen LogP) is 5.51. The van der Waals surface area contributed by atoms with E-state index in [0.717, 1.165) is 5.56 Å². The summed E-state index contributed by atoms with van der Waals surface area (Å²) in [6, 6.07) is 17.6. The lowest BCUT2D eigenvalue weighted by atomic mass is 10.2. The molecule has 3 rings (SSSR count). The summed E-state index contributed by atoms with van der Waals surface area (Å²) in [5.41, 5.74) is 1.57. The molecular weight excluding hydrogens is 459 g/mol. The van der Waals surface area contributed by atoms with Crippen LogP contribution in [0.25, 0.3) is 0 Å². The van der Waals surface area contributed by atoms with Crippen molar-refractivity contribution in [2.45, 2.75) is 24.8 Å². The van der Waals surface area contributed by atoms with Gasteiger partial charge in [0.05, 0.1) is 15.6 Å². The van der Waals surface area contributed by atoms with Gasteiger partial charge in [0, 0.05) is 10.7 Å². The highest BCUT2D eigenvalue weighted by Gasteiger charge is 2.18. The molecule has 0 heterocycles. The van der Waals surface area contributed by atoms with E-state index in [1.54, 1.807) is 13.0 Å². The lowest BCUT2D eigenvalue weighted by molar-refractivity contribution is -0.122. The molecule has 0 saturated carbocycles. The number of hydrogen-bond acceptors (Lipinski definition) is 4. The molecule has 0 unspecified atom stereocenters. The Bertz CT molecular complexity index is 1200. The van der Waals surface area contributed by atoms with Crippen molar-refractivity contribution in [1.82, 2.24) is 0 Å². The van der Waals surface area contributed by atoms with Gasteiger partial charge in [-0.1, -0.05) is 41.4 Å². The van der Waals surface area contributed by atoms with Crippen LogP contribution in [0.2, 0.25) is 10.0 Å². The molecule has 9 heteroatoms. The van der Waals surface area contributed by atoms with E-state index in [-0.39, 0.29) is 21.5 Å². The lowest BCUT2D eigenvalue weighted by Crippen LogP contribution is -2.30. The summed E-state index contributed by atoms with van der Waals surface area (Å²) < 4.78 is 33.3. The Labute approximate surface area is 191 Å². The molecule has 0 saturated heterocycles. The van der Waals surface area contributed by atoms with Crippen LogP contribution in [0.15, 0.2) is 71.6 Å². The first-order chi connectivity index (χ1) is 14.7. The number of hydrogen-bond donors (Lipinski definition) is 2. The molecular formula is C22H20Cl2N2O4S. The van der Waals surface area contributed by atoms with E-state index in [1.165, 1.54) is 42.5 Å². The smallest absolute Gasteiger partial charge is 0.265 e. The van der Waals surface area contributed by atoms with Crippen molar-refractivity contribution in [3.05, 3.63) is 82.3 Å². The monoisotopic (exact) mass is 478 g/mol. The van der Waals surface area contributed by atoms with Crippen molar-refractivity contribution in [1.29, 1.82) is 0 Å². The second-order valence-electron chi connectivity index (χ2n) is 6.77. The summed E-state index contributed by atoms with van der Waals surface area (Å²) in [6.07, 6.45) is -0.738. The van der Waals surface area contributed by atoms with Gasteiger partial charge in [0.25, 0.3) is 15.9 Å². The summed E-state index contributed by atoms with van der Waals surface area (Å²) in [6.45, 7) is 3.53. The molecule has 31 heavy (non-hydrogen) atoms. The number of amides is 1. The van der Waals surface area contributed by atoms with Gasteiger partial charge in [-0.15, -0.1) is 0 Å². The zero-order valence-electron chi connectivity index (χ0n) is 16.7. The van der Waals surface area contributed by atoms with Crippen LogP contribution in [0.3, 0.4) is 0 Å². The van der Waals surface area contributed by atoms with E-state index in [4.69, 9.17) is 27.9 Å². The number of nitrogens with one attached hydrogen (secondary N) is 2. The van der Waals surface area contributed by atoms with Crippen LogP contribution in [-0.4, -0.2) is 20.4 Å². The zero-order chi connectivity index (χ0) is 22.6. The summed E-state index contributed by atoms with van der Waals surface area (Å²) >= 11 is 11.9. The highest BCUT2D eigenvalue weighted by Crippen LogP contribution is 2.28. The Balaban J connectivity index is 1.66. The maximum absolute atomic E-state index is 12.6. The fraction of sp³-hybridized carbons (Fsp3) is 0.136. The Morgan fingerprint density at radius 1 is 1.00 bits per heavy atom. The molecule has 0 aliphatic carbocycles. The van der Waals surface area contributed by atoms with Gasteiger partial charge >= 0.3 is 0 Å². The lowest BCUT2D eigenvalue weighted by Gasteiger charge is -2.16. The number of ether oxygens (including phenoxy) is 1. The number of anilines is 2. The minimum atomic E-state index is -3.87. The molecule has 0 bridgehead atoms. The van der Waals surface area contributed by atoms with Crippen molar-refractivity contribution in [3.8, 4) is 5.75 Å². The summed E-state index contributed by atoms with van der Waals surface area (Å²) in [7, 11) is -3.87. The van der Waals surface area contributed by atoms with Crippen molar-refractivity contribution in [2.75, 3.05) is 10.0 Å². The molecule has 3 aromatic carbocycles. The Morgan fingerprint density at radius 2 is 1.68 bits per heavy atom. The second kappa shape index (κ2) is 9.60. The number of carbonyl (C=O) groups excluding carboxylic acids is 1. The van der Waals surface area contributed by atoms with E-state index >= 15 is 0 Å². The van der Waals surface area contributed by atoms with Crippen LogP contribution >= 0.6 is 23.2 Å². The predicted molar refractivity (Wildman–Crippen MR) is 124 cm³/mol. The van der Waals surface area contributed by atoms with Crippen molar-refractivity contribution >= 4 is 50.5 Å². The normalized spacial score (nSPS) is 12.1. The van der Waals surface area contributed by atoms with Gasteiger partial charge in [0.2, 0.25) is 0 Å². The number of rotatable bonds is 7. The van der Waals surface area contributed by atoms with Crippen molar-refractivity contribution < 1.29 is 17.9 Å². The standard InChI is InChI=1S/C22H20Cl2N2O4S/c1-14-5-3-4-6-21(14)30-15(2)22(27)25-17-8-10-18(11-9-17)31(28,29)26-20-12-7-16(23)13-19(20)24/h3-13,15,26H,1-2H3,(H,25,27)/t15-/m0/s1. The fourth-order valence-electron chi connectivity index (χ4n) is 2.67. The molecule has 0 fully saturated rings. The molecule has 0 aromatic heterocycles. The van der Waals surface area contributed by atoms with Gasteiger partial charge in [-0.05, 0) is 67.9 Å². The Morgan fingerprint density at radius 3 is 2.32 bits per heavy atom. The highest BCUT2D eigenvalue weighted by atomic mass is 35.5. The maximum atomic E-state index is 12.6. The van der Waals surface area contributed by atoms with Crippen molar-refractivity contribution in [3.63, 3.8) is 0 Å². The molecule has 1 amide bonds. The summed E-state index contributed by atoms with van der Waals surface area (Å²) in [4.78, 5) is 12.4. The molecule has 1 atom stereocenters. The van der Waals surface area contributed by atoms with Crippen LogP contribution in [0, 0.1) is 6.92 Å². The number of benzene rings is 3. The largest absolute Gasteiger partial charge is 0.481 e. The number of aryl methyl sites for hydroxylation is 1. The van der Waals surface area contributed by atoms with Gasteiger partial charge in [-0.25, -0.2) is 8.42 Å². The highest BCUT2D eigenvalue weighted by molar-refractivity contribution is 7.92. The summed E-state index contributed by atoms with van der Waals surface area (Å²) in [5, 5.41) is 3.29. The molecule has 0 aliphatic rings. The topological polar surface area (TPSA) is 84.5 Å². The van der Waals surface area contributed by atoms with E-state index in [1.807, 2.05) is 25.1 Å². The molecule has 162 valence electrons. The minimum Gasteiger partial charge on any atom is -0.481 e. The molecule has 0 spiro atoms. The maximum Gasteiger partial charge on any atom is 0.265 e. The van der Waals surface area contributed by atoms with Crippen LogP contribution in [0.4, 0.5) is 11.4 Å². The van der Waals surface area contributed by atoms with Crippen LogP contribution < -0.4 is 14.8 Å². The molecule has 6 nitrogen and oxygen atoms in total. The first-order valence-corrected chi connectivity index (χ1v) is 11.5. The minimum absolute atomic E-state index is 0.0146. The van der Waals surface area contributed by atoms with Gasteiger partial charge in [-0.3, -0.25) is 9.52 Å². The Kier molecular flexibility index (Phi) is 7.10. The molecule has 2 N–H and O–H groups in total. The van der Waals surface area contributed by atoms with E-state index < -0.39 is 16.1 Å². The van der Waals surface area contributed by atoms with Gasteiger partial charge in [-0.2, -0.15) is 0 Å². The average molecular weight is 479 g/mol. The number of carbonyl (C=O) groups is 1. The van der Waals surface area contributed by atoms with Gasteiger partial charge in [0.1, 0.15) is 5.75 Å².